The molecular formula is C15H21N3OS. The molecule has 0 saturated heterocycles. The van der Waals surface area contributed by atoms with Gasteiger partial charge in [-0.1, -0.05) is 31.5 Å². The van der Waals surface area contributed by atoms with E-state index >= 15 is 0 Å². The molecule has 0 aromatic carbocycles. The monoisotopic (exact) mass is 291 g/mol. The van der Waals surface area contributed by atoms with Crippen molar-refractivity contribution in [3.05, 3.63) is 30.1 Å². The Morgan fingerprint density at radius 2 is 2.15 bits per heavy atom. The Morgan fingerprint density at radius 3 is 2.75 bits per heavy atom. The largest absolute Gasteiger partial charge is 0.393 e. The van der Waals surface area contributed by atoms with Crippen LogP contribution >= 0.6 is 12.2 Å². The summed E-state index contributed by atoms with van der Waals surface area (Å²) in [7, 11) is 0. The fourth-order valence-electron chi connectivity index (χ4n) is 2.73. The molecule has 0 spiro atoms. The molecule has 2 rings (SSSR count). The molecule has 0 aliphatic heterocycles. The summed E-state index contributed by atoms with van der Waals surface area (Å²) in [5, 5.41) is 0. The molecule has 0 atom stereocenters. The summed E-state index contributed by atoms with van der Waals surface area (Å²) < 4.78 is 0. The molecule has 1 aliphatic carbocycles. The Kier molecular flexibility index (Phi) is 5.47. The predicted molar refractivity (Wildman–Crippen MR) is 83.5 cm³/mol. The van der Waals surface area contributed by atoms with Crippen molar-refractivity contribution in [2.75, 3.05) is 6.54 Å². The molecule has 0 unspecified atom stereocenters. The smallest absolute Gasteiger partial charge is 0.255 e. The predicted octanol–water partition coefficient (Wildman–Crippen LogP) is 2.53. The third-order valence-electron chi connectivity index (χ3n) is 3.78. The van der Waals surface area contributed by atoms with E-state index in [-0.39, 0.29) is 5.91 Å². The Labute approximate surface area is 125 Å². The molecule has 2 N–H and O–H groups in total. The van der Waals surface area contributed by atoms with Gasteiger partial charge in [0.1, 0.15) is 0 Å². The average Bonchev–Trinajstić information content (AvgIpc) is 2.49. The zero-order valence-corrected chi connectivity index (χ0v) is 12.4. The number of nitrogens with two attached hydrogens (primary N) is 1. The highest BCUT2D eigenvalue weighted by Crippen LogP contribution is 2.24. The molecule has 0 radical (unpaired) electrons. The minimum atomic E-state index is 0.0428. The number of amides is 1. The number of hydrogen-bond acceptors (Lipinski definition) is 3. The summed E-state index contributed by atoms with van der Waals surface area (Å²) >= 11 is 4.95. The number of rotatable bonds is 5. The van der Waals surface area contributed by atoms with Gasteiger partial charge in [-0.3, -0.25) is 9.78 Å². The third-order valence-corrected chi connectivity index (χ3v) is 3.99. The molecule has 1 heterocycles. The first-order valence-electron chi connectivity index (χ1n) is 7.18. The second kappa shape index (κ2) is 7.33. The van der Waals surface area contributed by atoms with Gasteiger partial charge >= 0.3 is 0 Å². The highest BCUT2D eigenvalue weighted by molar-refractivity contribution is 7.80. The van der Waals surface area contributed by atoms with E-state index in [0.29, 0.717) is 29.6 Å². The van der Waals surface area contributed by atoms with Crippen LogP contribution in [-0.4, -0.2) is 33.4 Å². The zero-order valence-electron chi connectivity index (χ0n) is 11.6. The Morgan fingerprint density at radius 1 is 1.40 bits per heavy atom. The summed E-state index contributed by atoms with van der Waals surface area (Å²) in [4.78, 5) is 19.1. The van der Waals surface area contributed by atoms with Gasteiger partial charge in [-0.25, -0.2) is 0 Å². The van der Waals surface area contributed by atoms with Crippen molar-refractivity contribution in [1.29, 1.82) is 0 Å². The lowest BCUT2D eigenvalue weighted by Gasteiger charge is -2.34. The van der Waals surface area contributed by atoms with E-state index < -0.39 is 0 Å². The maximum atomic E-state index is 12.7. The van der Waals surface area contributed by atoms with Crippen LogP contribution in [0.15, 0.2) is 24.5 Å². The molecule has 4 nitrogen and oxygen atoms in total. The van der Waals surface area contributed by atoms with Gasteiger partial charge in [0.05, 0.1) is 10.6 Å². The summed E-state index contributed by atoms with van der Waals surface area (Å²) in [5.74, 6) is 0.0428. The van der Waals surface area contributed by atoms with Crippen LogP contribution in [0.4, 0.5) is 0 Å². The van der Waals surface area contributed by atoms with E-state index in [0.717, 1.165) is 12.8 Å². The van der Waals surface area contributed by atoms with Crippen molar-refractivity contribution >= 4 is 23.1 Å². The number of pyridine rings is 1. The second-order valence-electron chi connectivity index (χ2n) is 5.25. The lowest BCUT2D eigenvalue weighted by Crippen LogP contribution is -2.43. The first-order valence-corrected chi connectivity index (χ1v) is 7.58. The Balaban J connectivity index is 2.12. The summed E-state index contributed by atoms with van der Waals surface area (Å²) in [6.45, 7) is 0.605. The summed E-state index contributed by atoms with van der Waals surface area (Å²) in [5.41, 5.74) is 6.23. The minimum Gasteiger partial charge on any atom is -0.393 e. The lowest BCUT2D eigenvalue weighted by molar-refractivity contribution is 0.0641. The topological polar surface area (TPSA) is 59.2 Å². The highest BCUT2D eigenvalue weighted by Gasteiger charge is 2.26. The molecule has 1 aliphatic rings. The van der Waals surface area contributed by atoms with Crippen molar-refractivity contribution in [3.8, 4) is 0 Å². The number of hydrogen-bond donors (Lipinski definition) is 1. The van der Waals surface area contributed by atoms with Crippen molar-refractivity contribution in [1.82, 2.24) is 9.88 Å². The molecule has 1 fully saturated rings. The minimum absolute atomic E-state index is 0.0428. The maximum absolute atomic E-state index is 12.7. The van der Waals surface area contributed by atoms with Crippen molar-refractivity contribution < 1.29 is 4.79 Å². The van der Waals surface area contributed by atoms with Crippen LogP contribution in [0, 0.1) is 0 Å². The average molecular weight is 291 g/mol. The fraction of sp³-hybridized carbons (Fsp3) is 0.533. The van der Waals surface area contributed by atoms with E-state index in [1.54, 1.807) is 18.5 Å². The maximum Gasteiger partial charge on any atom is 0.255 e. The number of thiocarbonyl (C=S) groups is 1. The lowest BCUT2D eigenvalue weighted by atomic mass is 9.93. The van der Waals surface area contributed by atoms with E-state index in [4.69, 9.17) is 18.0 Å². The molecule has 5 heteroatoms. The van der Waals surface area contributed by atoms with Crippen LogP contribution in [0.3, 0.4) is 0 Å². The molecule has 1 aromatic rings. The highest BCUT2D eigenvalue weighted by atomic mass is 32.1. The van der Waals surface area contributed by atoms with Crippen molar-refractivity contribution in [3.63, 3.8) is 0 Å². The number of nitrogens with zero attached hydrogens (tertiary/aromatic N) is 2. The van der Waals surface area contributed by atoms with Crippen LogP contribution in [0.25, 0.3) is 0 Å². The van der Waals surface area contributed by atoms with Gasteiger partial charge in [-0.2, -0.15) is 0 Å². The van der Waals surface area contributed by atoms with Gasteiger partial charge in [0.2, 0.25) is 0 Å². The molecule has 0 bridgehead atoms. The SMILES string of the molecule is NC(=S)CCN(C(=O)c1cccnc1)C1CCCCC1. The summed E-state index contributed by atoms with van der Waals surface area (Å²) in [6.07, 6.45) is 9.67. The van der Waals surface area contributed by atoms with Crippen LogP contribution in [0.1, 0.15) is 48.9 Å². The van der Waals surface area contributed by atoms with Crippen LogP contribution in [-0.2, 0) is 0 Å². The normalized spacial score (nSPS) is 15.8. The van der Waals surface area contributed by atoms with Crippen molar-refractivity contribution in [2.24, 2.45) is 5.73 Å². The van der Waals surface area contributed by atoms with Crippen LogP contribution in [0.5, 0.6) is 0 Å². The quantitative estimate of drug-likeness (QED) is 0.847. The molecule has 1 aromatic heterocycles. The van der Waals surface area contributed by atoms with Gasteiger partial charge < -0.3 is 10.6 Å². The van der Waals surface area contributed by atoms with Gasteiger partial charge in [-0.15, -0.1) is 0 Å². The van der Waals surface area contributed by atoms with E-state index in [1.165, 1.54) is 19.3 Å². The van der Waals surface area contributed by atoms with E-state index in [1.807, 2.05) is 11.0 Å². The second-order valence-corrected chi connectivity index (χ2v) is 5.77. The van der Waals surface area contributed by atoms with Crippen molar-refractivity contribution in [2.45, 2.75) is 44.6 Å². The van der Waals surface area contributed by atoms with Gasteiger partial charge in [-0.05, 0) is 25.0 Å². The molecular weight excluding hydrogens is 270 g/mol. The third kappa shape index (κ3) is 4.00. The van der Waals surface area contributed by atoms with E-state index in [9.17, 15) is 4.79 Å². The van der Waals surface area contributed by atoms with Gasteiger partial charge in [0.15, 0.2) is 0 Å². The number of carbonyl (C=O) groups is 1. The molecule has 20 heavy (non-hydrogen) atoms. The first kappa shape index (κ1) is 14.9. The number of carbonyl (C=O) groups excluding carboxylic acids is 1. The van der Waals surface area contributed by atoms with Gasteiger partial charge in [0, 0.05) is 31.4 Å². The Bertz CT molecular complexity index is 457. The molecule has 1 amide bonds. The number of aromatic nitrogens is 1. The van der Waals surface area contributed by atoms with Gasteiger partial charge in [0.25, 0.3) is 5.91 Å². The van der Waals surface area contributed by atoms with E-state index in [2.05, 4.69) is 4.98 Å². The molecule has 1 saturated carbocycles. The summed E-state index contributed by atoms with van der Waals surface area (Å²) in [6, 6.07) is 3.91. The zero-order chi connectivity index (χ0) is 14.4. The standard InChI is InChI=1S/C15H21N3OS/c16-14(20)8-10-18(13-6-2-1-3-7-13)15(19)12-5-4-9-17-11-12/h4-5,9,11,13H,1-3,6-8,10H2,(H2,16,20). The first-order chi connectivity index (χ1) is 9.68. The fourth-order valence-corrected chi connectivity index (χ4v) is 2.82. The Hall–Kier alpha value is -1.49. The van der Waals surface area contributed by atoms with Crippen LogP contribution < -0.4 is 5.73 Å². The van der Waals surface area contributed by atoms with Crippen LogP contribution in [0.2, 0.25) is 0 Å². The molecule has 108 valence electrons.